The second-order valence-electron chi connectivity index (χ2n) is 9.58. The van der Waals surface area contributed by atoms with E-state index in [1.54, 1.807) is 11.8 Å². The summed E-state index contributed by atoms with van der Waals surface area (Å²) in [6.07, 6.45) is 2.81. The second kappa shape index (κ2) is 9.79. The average Bonchev–Trinajstić information content (AvgIpc) is 3.32. The zero-order valence-corrected chi connectivity index (χ0v) is 19.6. The summed E-state index contributed by atoms with van der Waals surface area (Å²) in [4.78, 5) is 43.4. The molecule has 0 bridgehead atoms. The van der Waals surface area contributed by atoms with Crippen molar-refractivity contribution >= 4 is 17.7 Å². The van der Waals surface area contributed by atoms with E-state index in [0.29, 0.717) is 30.8 Å². The van der Waals surface area contributed by atoms with E-state index in [4.69, 9.17) is 9.47 Å². The summed E-state index contributed by atoms with van der Waals surface area (Å²) in [6.45, 7) is 5.86. The Kier molecular flexibility index (Phi) is 6.60. The van der Waals surface area contributed by atoms with Crippen LogP contribution in [0.25, 0.3) is 0 Å². The molecule has 184 valence electrons. The number of rotatable bonds is 5. The molecular formula is C24H33N5O5. The minimum Gasteiger partial charge on any atom is -0.454 e. The summed E-state index contributed by atoms with van der Waals surface area (Å²) in [6, 6.07) is 6.11. The Hall–Kier alpha value is -2.85. The Morgan fingerprint density at radius 3 is 2.71 bits per heavy atom. The molecule has 10 nitrogen and oxygen atoms in total. The second-order valence-corrected chi connectivity index (χ2v) is 9.58. The summed E-state index contributed by atoms with van der Waals surface area (Å²) in [7, 11) is 0. The Morgan fingerprint density at radius 2 is 1.91 bits per heavy atom. The van der Waals surface area contributed by atoms with Gasteiger partial charge >= 0.3 is 0 Å². The Morgan fingerprint density at radius 1 is 1.12 bits per heavy atom. The zero-order chi connectivity index (χ0) is 23.7. The quantitative estimate of drug-likeness (QED) is 0.629. The molecule has 3 aliphatic heterocycles. The van der Waals surface area contributed by atoms with Crippen molar-refractivity contribution in [2.75, 3.05) is 46.2 Å². The number of benzene rings is 1. The van der Waals surface area contributed by atoms with Gasteiger partial charge in [-0.2, -0.15) is 0 Å². The van der Waals surface area contributed by atoms with Crippen LogP contribution in [0.5, 0.6) is 11.5 Å². The van der Waals surface area contributed by atoms with Gasteiger partial charge in [-0.15, -0.1) is 0 Å². The number of ether oxygens (including phenoxy) is 2. The molecule has 1 aromatic rings. The van der Waals surface area contributed by atoms with Crippen molar-refractivity contribution < 1.29 is 23.9 Å². The van der Waals surface area contributed by atoms with Crippen molar-refractivity contribution in [3.05, 3.63) is 23.8 Å². The molecule has 2 N–H and O–H groups in total. The molecule has 5 rings (SSSR count). The summed E-state index contributed by atoms with van der Waals surface area (Å²) in [5.74, 6) is 1.29. The van der Waals surface area contributed by atoms with Gasteiger partial charge in [0, 0.05) is 51.7 Å². The minimum absolute atomic E-state index is 0.0432. The highest BCUT2D eigenvalue weighted by molar-refractivity contribution is 5.87. The third-order valence-corrected chi connectivity index (χ3v) is 7.53. The van der Waals surface area contributed by atoms with Gasteiger partial charge in [-0.3, -0.25) is 24.6 Å². The molecule has 0 radical (unpaired) electrons. The number of carbonyl (C=O) groups is 3. The smallest absolute Gasteiger partial charge is 0.239 e. The molecule has 34 heavy (non-hydrogen) atoms. The monoisotopic (exact) mass is 471 g/mol. The lowest BCUT2D eigenvalue weighted by atomic mass is 9.79. The predicted molar refractivity (Wildman–Crippen MR) is 123 cm³/mol. The van der Waals surface area contributed by atoms with Crippen LogP contribution in [0, 0.1) is 5.92 Å². The standard InChI is InChI=1S/C24H33N5O5/c1-16(30)27-6-8-28(9-7-27)18-3-4-20-19(11-18)24(32)29(14-26-20)13-23(31)25-12-17-2-5-21-22(10-17)34-15-33-21/h2,5,10,18-20,26H,3-4,6-9,11-15H2,1H3,(H,25,31). The number of nitrogens with zero attached hydrogens (tertiary/aromatic N) is 3. The molecule has 0 aromatic heterocycles. The van der Waals surface area contributed by atoms with E-state index in [2.05, 4.69) is 15.5 Å². The third-order valence-electron chi connectivity index (χ3n) is 7.53. The summed E-state index contributed by atoms with van der Waals surface area (Å²) in [5, 5.41) is 6.38. The number of hydrogen-bond donors (Lipinski definition) is 2. The highest BCUT2D eigenvalue weighted by Crippen LogP contribution is 2.33. The number of hydrogen-bond acceptors (Lipinski definition) is 7. The number of nitrogens with one attached hydrogen (secondary N) is 2. The van der Waals surface area contributed by atoms with Crippen LogP contribution in [0.1, 0.15) is 31.7 Å². The lowest BCUT2D eigenvalue weighted by Crippen LogP contribution is -2.62. The third kappa shape index (κ3) is 4.83. The van der Waals surface area contributed by atoms with Gasteiger partial charge in [0.25, 0.3) is 0 Å². The van der Waals surface area contributed by atoms with Crippen LogP contribution < -0.4 is 20.1 Å². The summed E-state index contributed by atoms with van der Waals surface area (Å²) < 4.78 is 10.7. The predicted octanol–water partition coefficient (Wildman–Crippen LogP) is 0.122. The van der Waals surface area contributed by atoms with E-state index in [9.17, 15) is 14.4 Å². The molecule has 3 heterocycles. The van der Waals surface area contributed by atoms with Crippen molar-refractivity contribution in [3.63, 3.8) is 0 Å². The number of carbonyl (C=O) groups excluding carboxylic acids is 3. The maximum Gasteiger partial charge on any atom is 0.239 e. The molecule has 3 fully saturated rings. The van der Waals surface area contributed by atoms with Crippen LogP contribution in [0.2, 0.25) is 0 Å². The lowest BCUT2D eigenvalue weighted by Gasteiger charge is -2.47. The van der Waals surface area contributed by atoms with E-state index in [-0.39, 0.29) is 43.0 Å². The van der Waals surface area contributed by atoms with Gasteiger partial charge in [-0.05, 0) is 37.0 Å². The topological polar surface area (TPSA) is 103 Å². The maximum absolute atomic E-state index is 13.3. The highest BCUT2D eigenvalue weighted by atomic mass is 16.7. The van der Waals surface area contributed by atoms with E-state index in [1.807, 2.05) is 23.1 Å². The van der Waals surface area contributed by atoms with Crippen LogP contribution in [0.15, 0.2) is 18.2 Å². The lowest BCUT2D eigenvalue weighted by molar-refractivity contribution is -0.146. The van der Waals surface area contributed by atoms with Gasteiger partial charge < -0.3 is 24.6 Å². The van der Waals surface area contributed by atoms with Gasteiger partial charge in [-0.25, -0.2) is 0 Å². The number of piperazine rings is 1. The van der Waals surface area contributed by atoms with Crippen molar-refractivity contribution in [1.29, 1.82) is 0 Å². The van der Waals surface area contributed by atoms with E-state index in [1.165, 1.54) is 0 Å². The molecule has 0 spiro atoms. The van der Waals surface area contributed by atoms with Crippen LogP contribution in [0.4, 0.5) is 0 Å². The molecule has 10 heteroatoms. The zero-order valence-electron chi connectivity index (χ0n) is 19.6. The molecule has 1 aliphatic carbocycles. The first-order chi connectivity index (χ1) is 16.5. The van der Waals surface area contributed by atoms with E-state index in [0.717, 1.165) is 51.0 Å². The van der Waals surface area contributed by atoms with Crippen LogP contribution >= 0.6 is 0 Å². The van der Waals surface area contributed by atoms with Gasteiger partial charge in [-0.1, -0.05) is 6.07 Å². The normalized spacial score (nSPS) is 26.9. The molecule has 1 saturated carbocycles. The number of amides is 3. The van der Waals surface area contributed by atoms with Crippen molar-refractivity contribution in [3.8, 4) is 11.5 Å². The molecule has 3 amide bonds. The Labute approximate surface area is 199 Å². The minimum atomic E-state index is -0.181. The van der Waals surface area contributed by atoms with Crippen LogP contribution in [-0.4, -0.2) is 90.7 Å². The first-order valence-electron chi connectivity index (χ1n) is 12.1. The van der Waals surface area contributed by atoms with Crippen molar-refractivity contribution in [1.82, 2.24) is 25.3 Å². The average molecular weight is 472 g/mol. The fourth-order valence-corrected chi connectivity index (χ4v) is 5.55. The fourth-order valence-electron chi connectivity index (χ4n) is 5.55. The Balaban J connectivity index is 1.12. The largest absolute Gasteiger partial charge is 0.454 e. The summed E-state index contributed by atoms with van der Waals surface area (Å²) >= 11 is 0. The SMILES string of the molecule is CC(=O)N1CCN(C2CCC3NCN(CC(=O)NCc4ccc5c(c4)OCO5)C(=O)C3C2)CC1. The molecule has 3 atom stereocenters. The van der Waals surface area contributed by atoms with E-state index >= 15 is 0 Å². The van der Waals surface area contributed by atoms with Gasteiger partial charge in [0.05, 0.1) is 12.6 Å². The molecular weight excluding hydrogens is 438 g/mol. The van der Waals surface area contributed by atoms with Gasteiger partial charge in [0.1, 0.15) is 6.54 Å². The molecule has 3 unspecified atom stereocenters. The molecule has 4 aliphatic rings. The van der Waals surface area contributed by atoms with Crippen LogP contribution in [-0.2, 0) is 20.9 Å². The maximum atomic E-state index is 13.3. The number of fused-ring (bicyclic) bond motifs is 2. The molecule has 2 saturated heterocycles. The summed E-state index contributed by atoms with van der Waals surface area (Å²) in [5.41, 5.74) is 0.917. The first kappa shape index (κ1) is 22.9. The van der Waals surface area contributed by atoms with E-state index < -0.39 is 0 Å². The Bertz CT molecular complexity index is 948. The molecule has 1 aromatic carbocycles. The van der Waals surface area contributed by atoms with Crippen LogP contribution in [0.3, 0.4) is 0 Å². The van der Waals surface area contributed by atoms with Gasteiger partial charge in [0.2, 0.25) is 24.5 Å². The van der Waals surface area contributed by atoms with Crippen molar-refractivity contribution in [2.45, 2.75) is 44.8 Å². The van der Waals surface area contributed by atoms with Gasteiger partial charge in [0.15, 0.2) is 11.5 Å². The first-order valence-corrected chi connectivity index (χ1v) is 12.1. The van der Waals surface area contributed by atoms with Crippen molar-refractivity contribution in [2.24, 2.45) is 5.92 Å². The fraction of sp³-hybridized carbons (Fsp3) is 0.625. The highest BCUT2D eigenvalue weighted by Gasteiger charge is 2.42.